The van der Waals surface area contributed by atoms with E-state index in [1.54, 1.807) is 0 Å². The lowest BCUT2D eigenvalue weighted by atomic mass is 10.2. The second kappa shape index (κ2) is 4.07. The minimum atomic E-state index is 0.328. The van der Waals surface area contributed by atoms with Gasteiger partial charge in [0.15, 0.2) is 0 Å². The van der Waals surface area contributed by atoms with Crippen LogP contribution in [0.4, 0.5) is 0 Å². The molecule has 0 amide bonds. The Morgan fingerprint density at radius 2 is 2.25 bits per heavy atom. The number of carbonyl (C=O) groups is 1. The lowest BCUT2D eigenvalue weighted by molar-refractivity contribution is -0.118. The lowest BCUT2D eigenvalue weighted by Crippen LogP contribution is -2.01. The van der Waals surface area contributed by atoms with Crippen LogP contribution in [0.5, 0.6) is 0 Å². The SMILES string of the molecule is CCC(=O)CC(C)Br. The van der Waals surface area contributed by atoms with Crippen molar-refractivity contribution in [2.24, 2.45) is 0 Å². The first-order chi connectivity index (χ1) is 3.66. The fourth-order valence-electron chi connectivity index (χ4n) is 0.458. The molecule has 1 unspecified atom stereocenters. The van der Waals surface area contributed by atoms with Crippen molar-refractivity contribution in [3.63, 3.8) is 0 Å². The molecular weight excluding hydrogens is 168 g/mol. The van der Waals surface area contributed by atoms with Crippen LogP contribution in [-0.4, -0.2) is 10.6 Å². The number of carbonyl (C=O) groups excluding carboxylic acids is 1. The molecule has 0 aromatic heterocycles. The van der Waals surface area contributed by atoms with E-state index in [2.05, 4.69) is 15.9 Å². The van der Waals surface area contributed by atoms with Gasteiger partial charge in [0.05, 0.1) is 0 Å². The third-order valence-corrected chi connectivity index (χ3v) is 1.23. The van der Waals surface area contributed by atoms with Crippen LogP contribution in [0.3, 0.4) is 0 Å². The van der Waals surface area contributed by atoms with Crippen LogP contribution < -0.4 is 0 Å². The van der Waals surface area contributed by atoms with Gasteiger partial charge in [-0.3, -0.25) is 4.79 Å². The Morgan fingerprint density at radius 3 is 2.38 bits per heavy atom. The summed E-state index contributed by atoms with van der Waals surface area (Å²) in [5.74, 6) is 0.328. The lowest BCUT2D eigenvalue weighted by Gasteiger charge is -1.96. The second-order valence-electron chi connectivity index (χ2n) is 1.88. The molecule has 0 aliphatic rings. The highest BCUT2D eigenvalue weighted by Crippen LogP contribution is 2.04. The van der Waals surface area contributed by atoms with Crippen molar-refractivity contribution in [3.05, 3.63) is 0 Å². The number of Topliss-reactive ketones (excluding diaryl/α,β-unsaturated/α-hetero) is 1. The molecule has 1 nitrogen and oxygen atoms in total. The van der Waals surface area contributed by atoms with E-state index in [0.717, 1.165) is 0 Å². The van der Waals surface area contributed by atoms with Crippen LogP contribution >= 0.6 is 15.9 Å². The van der Waals surface area contributed by atoms with Gasteiger partial charge in [-0.1, -0.05) is 29.8 Å². The first kappa shape index (κ1) is 8.15. The van der Waals surface area contributed by atoms with Crippen molar-refractivity contribution in [1.82, 2.24) is 0 Å². The zero-order chi connectivity index (χ0) is 6.57. The zero-order valence-electron chi connectivity index (χ0n) is 5.28. The van der Waals surface area contributed by atoms with E-state index >= 15 is 0 Å². The fourth-order valence-corrected chi connectivity index (χ4v) is 0.819. The maximum Gasteiger partial charge on any atom is 0.133 e. The summed E-state index contributed by atoms with van der Waals surface area (Å²) in [4.78, 5) is 10.9. The van der Waals surface area contributed by atoms with E-state index in [0.29, 0.717) is 23.5 Å². The molecule has 0 heterocycles. The van der Waals surface area contributed by atoms with E-state index in [1.165, 1.54) is 0 Å². The van der Waals surface area contributed by atoms with Crippen LogP contribution in [0.2, 0.25) is 0 Å². The predicted octanol–water partition coefficient (Wildman–Crippen LogP) is 2.14. The molecule has 2 heteroatoms. The first-order valence-corrected chi connectivity index (χ1v) is 3.74. The first-order valence-electron chi connectivity index (χ1n) is 2.82. The molecule has 0 aromatic rings. The molecule has 0 fully saturated rings. The van der Waals surface area contributed by atoms with E-state index in [-0.39, 0.29) is 0 Å². The Morgan fingerprint density at radius 1 is 1.75 bits per heavy atom. The van der Waals surface area contributed by atoms with E-state index in [4.69, 9.17) is 0 Å². The average Bonchev–Trinajstić information content (AvgIpc) is 1.65. The van der Waals surface area contributed by atoms with Gasteiger partial charge in [0.2, 0.25) is 0 Å². The molecule has 0 saturated carbocycles. The van der Waals surface area contributed by atoms with Crippen LogP contribution in [0.25, 0.3) is 0 Å². The number of ketones is 1. The summed E-state index contributed by atoms with van der Waals surface area (Å²) < 4.78 is 0. The summed E-state index contributed by atoms with van der Waals surface area (Å²) >= 11 is 3.29. The van der Waals surface area contributed by atoms with Gasteiger partial charge >= 0.3 is 0 Å². The van der Waals surface area contributed by atoms with Gasteiger partial charge in [-0.25, -0.2) is 0 Å². The normalized spacial score (nSPS) is 13.4. The smallest absolute Gasteiger partial charge is 0.133 e. The molecule has 8 heavy (non-hydrogen) atoms. The molecule has 0 aliphatic carbocycles. The third-order valence-electron chi connectivity index (χ3n) is 0.903. The number of hydrogen-bond donors (Lipinski definition) is 0. The molecule has 0 aromatic carbocycles. The van der Waals surface area contributed by atoms with Gasteiger partial charge < -0.3 is 0 Å². The van der Waals surface area contributed by atoms with Crippen molar-refractivity contribution in [2.75, 3.05) is 0 Å². The zero-order valence-corrected chi connectivity index (χ0v) is 6.86. The topological polar surface area (TPSA) is 17.1 Å². The quantitative estimate of drug-likeness (QED) is 0.606. The molecule has 0 saturated heterocycles. The Balaban J connectivity index is 3.25. The Hall–Kier alpha value is 0.150. The van der Waals surface area contributed by atoms with Crippen molar-refractivity contribution >= 4 is 21.7 Å². The van der Waals surface area contributed by atoms with Crippen LogP contribution in [0.15, 0.2) is 0 Å². The largest absolute Gasteiger partial charge is 0.300 e. The van der Waals surface area contributed by atoms with Crippen molar-refractivity contribution < 1.29 is 4.79 Å². The molecular formula is C6H11BrO. The van der Waals surface area contributed by atoms with Gasteiger partial charge in [-0.05, 0) is 0 Å². The standard InChI is InChI=1S/C6H11BrO/c1-3-6(8)4-5(2)7/h5H,3-4H2,1-2H3. The number of alkyl halides is 1. The summed E-state index contributed by atoms with van der Waals surface area (Å²) in [6.45, 7) is 3.87. The maximum absolute atomic E-state index is 10.6. The highest BCUT2D eigenvalue weighted by Gasteiger charge is 2.01. The van der Waals surface area contributed by atoms with Gasteiger partial charge in [0, 0.05) is 17.7 Å². The maximum atomic E-state index is 10.6. The fraction of sp³-hybridized carbons (Fsp3) is 0.833. The number of rotatable bonds is 3. The monoisotopic (exact) mass is 178 g/mol. The molecule has 0 N–H and O–H groups in total. The number of halogens is 1. The van der Waals surface area contributed by atoms with Crippen LogP contribution in [0, 0.1) is 0 Å². The van der Waals surface area contributed by atoms with Crippen molar-refractivity contribution in [2.45, 2.75) is 31.5 Å². The summed E-state index contributed by atoms with van der Waals surface area (Å²) in [7, 11) is 0. The highest BCUT2D eigenvalue weighted by molar-refractivity contribution is 9.09. The molecule has 1 atom stereocenters. The summed E-state index contributed by atoms with van der Waals surface area (Å²) in [6.07, 6.45) is 1.33. The van der Waals surface area contributed by atoms with Gasteiger partial charge in [-0.15, -0.1) is 0 Å². The average molecular weight is 179 g/mol. The van der Waals surface area contributed by atoms with Crippen molar-refractivity contribution in [1.29, 1.82) is 0 Å². The van der Waals surface area contributed by atoms with E-state index < -0.39 is 0 Å². The van der Waals surface area contributed by atoms with Gasteiger partial charge in [0.1, 0.15) is 5.78 Å². The number of hydrogen-bond acceptors (Lipinski definition) is 1. The van der Waals surface area contributed by atoms with Crippen molar-refractivity contribution in [3.8, 4) is 0 Å². The van der Waals surface area contributed by atoms with Crippen LogP contribution in [-0.2, 0) is 4.79 Å². The Kier molecular flexibility index (Phi) is 4.15. The molecule has 0 rings (SSSR count). The summed E-state index contributed by atoms with van der Waals surface area (Å²) in [5, 5.41) is 0. The Labute approximate surface area is 58.6 Å². The second-order valence-corrected chi connectivity index (χ2v) is 3.44. The van der Waals surface area contributed by atoms with Gasteiger partial charge in [0.25, 0.3) is 0 Å². The molecule has 0 spiro atoms. The molecule has 0 bridgehead atoms. The predicted molar refractivity (Wildman–Crippen MR) is 38.3 cm³/mol. The molecule has 0 aliphatic heterocycles. The van der Waals surface area contributed by atoms with E-state index in [1.807, 2.05) is 13.8 Å². The van der Waals surface area contributed by atoms with E-state index in [9.17, 15) is 4.79 Å². The van der Waals surface area contributed by atoms with Gasteiger partial charge in [-0.2, -0.15) is 0 Å². The highest BCUT2D eigenvalue weighted by atomic mass is 79.9. The summed E-state index contributed by atoms with van der Waals surface area (Å²) in [5.41, 5.74) is 0. The molecule has 48 valence electrons. The minimum Gasteiger partial charge on any atom is -0.300 e. The van der Waals surface area contributed by atoms with Crippen LogP contribution in [0.1, 0.15) is 26.7 Å². The molecule has 0 radical (unpaired) electrons. The third kappa shape index (κ3) is 4.31. The summed E-state index contributed by atoms with van der Waals surface area (Å²) in [6, 6.07) is 0. The Bertz CT molecular complexity index is 78.6. The minimum absolute atomic E-state index is 0.328.